The largest absolute Gasteiger partial charge is 0.459 e. The molecule has 0 atom stereocenters. The number of benzene rings is 1. The quantitative estimate of drug-likeness (QED) is 0.406. The minimum absolute atomic E-state index is 0.0388. The molecule has 1 aliphatic rings. The van der Waals surface area contributed by atoms with Gasteiger partial charge in [-0.25, -0.2) is 0 Å². The molecule has 0 unspecified atom stereocenters. The summed E-state index contributed by atoms with van der Waals surface area (Å²) in [5.41, 5.74) is 2.31. The zero-order valence-electron chi connectivity index (χ0n) is 19.1. The number of hydrogen-bond acceptors (Lipinski definition) is 8. The molecule has 0 spiro atoms. The van der Waals surface area contributed by atoms with Gasteiger partial charge in [0.1, 0.15) is 6.07 Å². The molecule has 4 aromatic rings. The number of aryl methyl sites for hydroxylation is 1. The molecule has 11 heteroatoms. The molecule has 1 amide bonds. The number of rotatable bonds is 6. The fourth-order valence-electron chi connectivity index (χ4n) is 4.08. The van der Waals surface area contributed by atoms with E-state index in [0.29, 0.717) is 61.4 Å². The van der Waals surface area contributed by atoms with Crippen LogP contribution in [0.25, 0.3) is 23.0 Å². The summed E-state index contributed by atoms with van der Waals surface area (Å²) < 4.78 is 13.5. The van der Waals surface area contributed by atoms with Crippen LogP contribution in [0.2, 0.25) is 0 Å². The first kappa shape index (κ1) is 22.6. The second-order valence-electron chi connectivity index (χ2n) is 8.25. The van der Waals surface area contributed by atoms with Crippen molar-refractivity contribution in [1.82, 2.24) is 24.6 Å². The van der Waals surface area contributed by atoms with Gasteiger partial charge in [0.25, 0.3) is 5.89 Å². The number of aromatic amines is 1. The van der Waals surface area contributed by atoms with Crippen molar-refractivity contribution in [3.05, 3.63) is 58.7 Å². The van der Waals surface area contributed by atoms with Crippen LogP contribution < -0.4 is 4.90 Å². The van der Waals surface area contributed by atoms with E-state index in [1.807, 2.05) is 45.6 Å². The maximum absolute atomic E-state index is 13.0. The fraction of sp³-hybridized carbons (Fsp3) is 0.292. The number of hydrogen-bond donors (Lipinski definition) is 1. The molecule has 5 rings (SSSR count). The fourth-order valence-corrected chi connectivity index (χ4v) is 4.30. The summed E-state index contributed by atoms with van der Waals surface area (Å²) in [7, 11) is 0. The van der Waals surface area contributed by atoms with Gasteiger partial charge in [-0.05, 0) is 31.3 Å². The van der Waals surface area contributed by atoms with Gasteiger partial charge >= 0.3 is 0 Å². The Balaban J connectivity index is 1.21. The molecule has 1 saturated heterocycles. The lowest BCUT2D eigenvalue weighted by atomic mass is 10.1. The van der Waals surface area contributed by atoms with Gasteiger partial charge in [0.05, 0.1) is 6.26 Å². The smallest absolute Gasteiger partial charge is 0.266 e. The van der Waals surface area contributed by atoms with Gasteiger partial charge in [0.15, 0.2) is 16.4 Å². The number of amides is 1. The van der Waals surface area contributed by atoms with E-state index in [1.54, 1.807) is 12.1 Å². The van der Waals surface area contributed by atoms with Gasteiger partial charge in [0.2, 0.25) is 17.5 Å². The Morgan fingerprint density at radius 2 is 1.97 bits per heavy atom. The third kappa shape index (κ3) is 4.61. The molecule has 0 saturated carbocycles. The standard InChI is InChI=1S/C24H23N7O3S/c1-16-4-6-17(7-5-16)21-27-28-24(35)31(21)9-8-20(32)29-10-12-30(13-11-29)23-18(15-25)26-22(34-23)19-3-2-14-33-19/h2-7,14H,8-13H2,1H3,(H,28,35). The van der Waals surface area contributed by atoms with Crippen LogP contribution in [0.15, 0.2) is 51.5 Å². The van der Waals surface area contributed by atoms with Gasteiger partial charge in [-0.1, -0.05) is 29.8 Å². The lowest BCUT2D eigenvalue weighted by molar-refractivity contribution is -0.131. The number of carbonyl (C=O) groups is 1. The second-order valence-corrected chi connectivity index (χ2v) is 8.64. The van der Waals surface area contributed by atoms with Crippen LogP contribution in [0.4, 0.5) is 5.88 Å². The first-order valence-corrected chi connectivity index (χ1v) is 11.6. The van der Waals surface area contributed by atoms with Gasteiger partial charge in [0, 0.05) is 44.7 Å². The minimum atomic E-state index is 0.0388. The zero-order chi connectivity index (χ0) is 24.4. The summed E-state index contributed by atoms with van der Waals surface area (Å²) in [5.74, 6) is 1.88. The molecule has 1 aliphatic heterocycles. The van der Waals surface area contributed by atoms with Crippen molar-refractivity contribution in [1.29, 1.82) is 5.26 Å². The SMILES string of the molecule is Cc1ccc(-c2n[nH]c(=S)n2CCC(=O)N2CCN(c3oc(-c4ccco4)nc3C#N)CC2)cc1. The lowest BCUT2D eigenvalue weighted by Gasteiger charge is -2.34. The van der Waals surface area contributed by atoms with E-state index in [1.165, 1.54) is 6.26 Å². The van der Waals surface area contributed by atoms with E-state index < -0.39 is 0 Å². The number of piperazine rings is 1. The van der Waals surface area contributed by atoms with Crippen LogP contribution >= 0.6 is 12.2 Å². The van der Waals surface area contributed by atoms with Gasteiger partial charge in [-0.15, -0.1) is 0 Å². The van der Waals surface area contributed by atoms with Crippen LogP contribution in [0.3, 0.4) is 0 Å². The Morgan fingerprint density at radius 3 is 2.66 bits per heavy atom. The number of oxazole rings is 1. The summed E-state index contributed by atoms with van der Waals surface area (Å²) >= 11 is 5.40. The van der Waals surface area contributed by atoms with Crippen molar-refractivity contribution in [3.63, 3.8) is 0 Å². The average Bonchev–Trinajstić information content (AvgIpc) is 3.63. The van der Waals surface area contributed by atoms with Crippen LogP contribution in [0, 0.1) is 23.0 Å². The Hall–Kier alpha value is -4.17. The molecule has 0 bridgehead atoms. The number of nitrogens with one attached hydrogen (secondary N) is 1. The van der Waals surface area contributed by atoms with E-state index in [-0.39, 0.29) is 17.5 Å². The summed E-state index contributed by atoms with van der Waals surface area (Å²) in [6.45, 7) is 4.57. The molecule has 1 aromatic carbocycles. The highest BCUT2D eigenvalue weighted by atomic mass is 32.1. The van der Waals surface area contributed by atoms with Crippen LogP contribution in [0.1, 0.15) is 17.7 Å². The third-order valence-corrected chi connectivity index (χ3v) is 6.30. The summed E-state index contributed by atoms with van der Waals surface area (Å²) in [6.07, 6.45) is 1.83. The van der Waals surface area contributed by atoms with Gasteiger partial charge < -0.3 is 18.6 Å². The molecular formula is C24H23N7O3S. The molecule has 0 radical (unpaired) electrons. The highest BCUT2D eigenvalue weighted by Gasteiger charge is 2.27. The number of nitriles is 1. The van der Waals surface area contributed by atoms with Gasteiger partial charge in [-0.3, -0.25) is 14.5 Å². The molecule has 4 heterocycles. The second kappa shape index (κ2) is 9.60. The van der Waals surface area contributed by atoms with E-state index >= 15 is 0 Å². The lowest BCUT2D eigenvalue weighted by Crippen LogP contribution is -2.49. The van der Waals surface area contributed by atoms with E-state index in [9.17, 15) is 10.1 Å². The van der Waals surface area contributed by atoms with Gasteiger partial charge in [-0.2, -0.15) is 15.3 Å². The van der Waals surface area contributed by atoms with Crippen molar-refractivity contribution >= 4 is 24.0 Å². The zero-order valence-corrected chi connectivity index (χ0v) is 19.9. The van der Waals surface area contributed by atoms with E-state index in [2.05, 4.69) is 21.3 Å². The Bertz CT molecular complexity index is 1420. The first-order chi connectivity index (χ1) is 17.0. The monoisotopic (exact) mass is 489 g/mol. The van der Waals surface area contributed by atoms with Crippen LogP contribution in [-0.4, -0.2) is 56.7 Å². The Morgan fingerprint density at radius 1 is 1.20 bits per heavy atom. The summed E-state index contributed by atoms with van der Waals surface area (Å²) in [5, 5.41) is 16.7. The normalized spacial score (nSPS) is 13.7. The molecule has 0 aliphatic carbocycles. The highest BCUT2D eigenvalue weighted by Crippen LogP contribution is 2.29. The Kier molecular flexibility index (Phi) is 6.20. The van der Waals surface area contributed by atoms with E-state index in [0.717, 1.165) is 11.1 Å². The van der Waals surface area contributed by atoms with Crippen LogP contribution in [-0.2, 0) is 11.3 Å². The molecular weight excluding hydrogens is 466 g/mol. The van der Waals surface area contributed by atoms with E-state index in [4.69, 9.17) is 21.1 Å². The predicted molar refractivity (Wildman–Crippen MR) is 130 cm³/mol. The van der Waals surface area contributed by atoms with Crippen molar-refractivity contribution < 1.29 is 13.6 Å². The van der Waals surface area contributed by atoms with Crippen molar-refractivity contribution in [2.24, 2.45) is 0 Å². The number of H-pyrrole nitrogens is 1. The molecule has 3 aromatic heterocycles. The number of carbonyl (C=O) groups excluding carboxylic acids is 1. The number of nitrogens with zero attached hydrogens (tertiary/aromatic N) is 6. The molecule has 10 nitrogen and oxygen atoms in total. The maximum Gasteiger partial charge on any atom is 0.266 e. The molecule has 178 valence electrons. The first-order valence-electron chi connectivity index (χ1n) is 11.2. The highest BCUT2D eigenvalue weighted by molar-refractivity contribution is 7.71. The van der Waals surface area contributed by atoms with Crippen molar-refractivity contribution in [2.75, 3.05) is 31.1 Å². The molecule has 35 heavy (non-hydrogen) atoms. The minimum Gasteiger partial charge on any atom is -0.459 e. The molecule has 1 fully saturated rings. The van der Waals surface area contributed by atoms with Crippen LogP contribution in [0.5, 0.6) is 0 Å². The predicted octanol–water partition coefficient (Wildman–Crippen LogP) is 3.77. The van der Waals surface area contributed by atoms with Crippen molar-refractivity contribution in [3.8, 4) is 29.1 Å². The number of anilines is 1. The number of furan rings is 1. The molecule has 1 N–H and O–H groups in total. The maximum atomic E-state index is 13.0. The Labute approximate surface area is 206 Å². The number of aromatic nitrogens is 4. The third-order valence-electron chi connectivity index (χ3n) is 5.98. The average molecular weight is 490 g/mol. The topological polar surface area (TPSA) is 120 Å². The summed E-state index contributed by atoms with van der Waals surface area (Å²) in [6, 6.07) is 13.6. The summed E-state index contributed by atoms with van der Waals surface area (Å²) in [4.78, 5) is 20.9. The van der Waals surface area contributed by atoms with Crippen molar-refractivity contribution in [2.45, 2.75) is 19.9 Å².